The molecule has 2 heterocycles. The molecule has 0 saturated carbocycles. The normalized spacial score (nSPS) is 18.0. The summed E-state index contributed by atoms with van der Waals surface area (Å²) in [5, 5.41) is 16.0. The van der Waals surface area contributed by atoms with Gasteiger partial charge in [0.25, 0.3) is 0 Å². The van der Waals surface area contributed by atoms with Gasteiger partial charge in [-0.1, -0.05) is 30.3 Å². The number of aromatic nitrogens is 3. The van der Waals surface area contributed by atoms with Crippen molar-refractivity contribution in [3.63, 3.8) is 0 Å². The third-order valence-corrected chi connectivity index (χ3v) is 6.13. The fourth-order valence-corrected chi connectivity index (χ4v) is 4.14. The number of benzene rings is 1. The van der Waals surface area contributed by atoms with Crippen LogP contribution in [0, 0.1) is 6.92 Å². The van der Waals surface area contributed by atoms with Crippen molar-refractivity contribution in [1.82, 2.24) is 25.4 Å². The number of aryl methyl sites for hydroxylation is 1. The molecular weight excluding hydrogens is 471 g/mol. The lowest BCUT2D eigenvalue weighted by molar-refractivity contribution is 0.664. The van der Waals surface area contributed by atoms with Gasteiger partial charge in [0.15, 0.2) is 11.8 Å². The van der Waals surface area contributed by atoms with E-state index >= 15 is 0 Å². The summed E-state index contributed by atoms with van der Waals surface area (Å²) in [6.07, 6.45) is 2.59. The maximum absolute atomic E-state index is 4.76. The Balaban J connectivity index is 0.00000261. The Morgan fingerprint density at radius 2 is 2.11 bits per heavy atom. The molecule has 0 bridgehead atoms. The Labute approximate surface area is 183 Å². The topological polar surface area (TPSA) is 67.1 Å². The summed E-state index contributed by atoms with van der Waals surface area (Å²) in [5.41, 5.74) is 1.24. The van der Waals surface area contributed by atoms with Crippen molar-refractivity contribution < 1.29 is 0 Å². The van der Waals surface area contributed by atoms with Crippen molar-refractivity contribution >= 4 is 41.7 Å². The third kappa shape index (κ3) is 6.38. The highest BCUT2D eigenvalue weighted by Crippen LogP contribution is 2.25. The summed E-state index contributed by atoms with van der Waals surface area (Å²) < 4.78 is 1.98. The summed E-state index contributed by atoms with van der Waals surface area (Å²) in [4.78, 5) is 4.76. The van der Waals surface area contributed by atoms with Gasteiger partial charge < -0.3 is 15.2 Å². The molecular formula is C19H29IN6S. The van der Waals surface area contributed by atoms with E-state index in [4.69, 9.17) is 4.99 Å². The number of thioether (sulfide) groups is 1. The van der Waals surface area contributed by atoms with E-state index in [9.17, 15) is 0 Å². The molecule has 1 fully saturated rings. The smallest absolute Gasteiger partial charge is 0.192 e. The minimum absolute atomic E-state index is 0. The molecule has 0 aliphatic carbocycles. The fourth-order valence-electron chi connectivity index (χ4n) is 2.94. The third-order valence-electron chi connectivity index (χ3n) is 4.74. The Bertz CT molecular complexity index is 727. The van der Waals surface area contributed by atoms with Crippen molar-refractivity contribution in [2.75, 3.05) is 12.3 Å². The molecule has 27 heavy (non-hydrogen) atoms. The fraction of sp³-hybridized carbons (Fsp3) is 0.526. The number of rotatable bonds is 6. The van der Waals surface area contributed by atoms with Crippen LogP contribution in [0.2, 0.25) is 0 Å². The number of hydrogen-bond donors (Lipinski definition) is 2. The van der Waals surface area contributed by atoms with E-state index in [1.54, 1.807) is 0 Å². The van der Waals surface area contributed by atoms with Crippen LogP contribution in [0.15, 0.2) is 35.3 Å². The molecule has 3 rings (SSSR count). The highest BCUT2D eigenvalue weighted by Gasteiger charge is 2.16. The van der Waals surface area contributed by atoms with E-state index in [0.717, 1.165) is 24.2 Å². The minimum Gasteiger partial charge on any atom is -0.355 e. The molecule has 148 valence electrons. The Hall–Kier alpha value is -1.29. The molecule has 1 aromatic carbocycles. The van der Waals surface area contributed by atoms with Crippen molar-refractivity contribution in [3.8, 4) is 0 Å². The van der Waals surface area contributed by atoms with E-state index in [2.05, 4.69) is 52.0 Å². The second-order valence-corrected chi connectivity index (χ2v) is 8.09. The molecule has 1 aliphatic heterocycles. The predicted molar refractivity (Wildman–Crippen MR) is 124 cm³/mol. The van der Waals surface area contributed by atoms with Crippen LogP contribution in [0.4, 0.5) is 0 Å². The van der Waals surface area contributed by atoms with E-state index < -0.39 is 0 Å². The monoisotopic (exact) mass is 500 g/mol. The van der Waals surface area contributed by atoms with Gasteiger partial charge in [-0.3, -0.25) is 0 Å². The molecule has 1 saturated heterocycles. The van der Waals surface area contributed by atoms with Crippen molar-refractivity contribution in [1.29, 1.82) is 0 Å². The van der Waals surface area contributed by atoms with E-state index in [1.165, 1.54) is 24.2 Å². The van der Waals surface area contributed by atoms with Gasteiger partial charge in [-0.2, -0.15) is 11.8 Å². The zero-order valence-corrected chi connectivity index (χ0v) is 19.3. The largest absolute Gasteiger partial charge is 0.355 e. The quantitative estimate of drug-likeness (QED) is 0.362. The summed E-state index contributed by atoms with van der Waals surface area (Å²) in [5.74, 6) is 3.86. The number of halogens is 1. The van der Waals surface area contributed by atoms with Gasteiger partial charge in [0.05, 0.1) is 6.04 Å². The van der Waals surface area contributed by atoms with Crippen LogP contribution < -0.4 is 10.6 Å². The van der Waals surface area contributed by atoms with Gasteiger partial charge in [0.2, 0.25) is 0 Å². The van der Waals surface area contributed by atoms with Crippen LogP contribution in [0.5, 0.6) is 0 Å². The Morgan fingerprint density at radius 3 is 2.74 bits per heavy atom. The van der Waals surface area contributed by atoms with Crippen LogP contribution in [0.1, 0.15) is 43.0 Å². The molecule has 8 heteroatoms. The van der Waals surface area contributed by atoms with E-state index in [1.807, 2.05) is 36.4 Å². The van der Waals surface area contributed by atoms with Gasteiger partial charge >= 0.3 is 0 Å². The van der Waals surface area contributed by atoms with Crippen molar-refractivity contribution in [2.24, 2.45) is 12.0 Å². The summed E-state index contributed by atoms with van der Waals surface area (Å²) >= 11 is 2.05. The Morgan fingerprint density at radius 1 is 1.33 bits per heavy atom. The van der Waals surface area contributed by atoms with Gasteiger partial charge in [0.1, 0.15) is 12.4 Å². The first-order chi connectivity index (χ1) is 12.6. The lowest BCUT2D eigenvalue weighted by Gasteiger charge is -2.20. The highest BCUT2D eigenvalue weighted by atomic mass is 127. The molecule has 2 unspecified atom stereocenters. The second-order valence-electron chi connectivity index (χ2n) is 6.68. The maximum atomic E-state index is 4.76. The van der Waals surface area contributed by atoms with Crippen molar-refractivity contribution in [3.05, 3.63) is 47.5 Å². The van der Waals surface area contributed by atoms with Crippen LogP contribution >= 0.6 is 35.7 Å². The second kappa shape index (κ2) is 10.9. The minimum atomic E-state index is 0. The number of nitrogens with one attached hydrogen (secondary N) is 2. The lowest BCUT2D eigenvalue weighted by atomic mass is 10.1. The first kappa shape index (κ1) is 22.0. The molecule has 0 spiro atoms. The molecule has 0 amide bonds. The van der Waals surface area contributed by atoms with Gasteiger partial charge in [-0.15, -0.1) is 34.2 Å². The summed E-state index contributed by atoms with van der Waals surface area (Å²) in [6.45, 7) is 5.55. The van der Waals surface area contributed by atoms with Crippen LogP contribution in [0.3, 0.4) is 0 Å². The molecule has 2 N–H and O–H groups in total. The standard InChI is InChI=1S/C19H28N6S.HI/c1-14(16-8-5-4-6-9-16)22-19(20-12-17-10-7-11-26-17)21-13-18-24-23-15(2)25(18)3;/h4-6,8-9,14,17H,7,10-13H2,1-3H3,(H2,20,21,22);1H. The average Bonchev–Trinajstić information content (AvgIpc) is 3.29. The zero-order valence-electron chi connectivity index (χ0n) is 16.2. The number of guanidine groups is 1. The highest BCUT2D eigenvalue weighted by molar-refractivity contribution is 14.0. The predicted octanol–water partition coefficient (Wildman–Crippen LogP) is 3.43. The number of nitrogens with zero attached hydrogens (tertiary/aromatic N) is 4. The molecule has 2 atom stereocenters. The van der Waals surface area contributed by atoms with Crippen LogP contribution in [-0.4, -0.2) is 38.3 Å². The summed E-state index contributed by atoms with van der Waals surface area (Å²) in [7, 11) is 1.97. The van der Waals surface area contributed by atoms with Crippen LogP contribution in [-0.2, 0) is 13.6 Å². The van der Waals surface area contributed by atoms with Gasteiger partial charge in [-0.25, -0.2) is 4.99 Å². The van der Waals surface area contributed by atoms with Gasteiger partial charge in [-0.05, 0) is 38.0 Å². The lowest BCUT2D eigenvalue weighted by Crippen LogP contribution is -2.41. The van der Waals surface area contributed by atoms with E-state index in [-0.39, 0.29) is 30.0 Å². The molecule has 2 aromatic rings. The molecule has 1 aromatic heterocycles. The van der Waals surface area contributed by atoms with E-state index in [0.29, 0.717) is 11.8 Å². The average molecular weight is 500 g/mol. The Kier molecular flexibility index (Phi) is 8.88. The zero-order chi connectivity index (χ0) is 18.4. The summed E-state index contributed by atoms with van der Waals surface area (Å²) in [6, 6.07) is 10.6. The molecule has 1 aliphatic rings. The molecule has 0 radical (unpaired) electrons. The van der Waals surface area contributed by atoms with Crippen molar-refractivity contribution in [2.45, 2.75) is 44.5 Å². The maximum Gasteiger partial charge on any atom is 0.192 e. The number of hydrogen-bond acceptors (Lipinski definition) is 4. The first-order valence-electron chi connectivity index (χ1n) is 9.19. The first-order valence-corrected chi connectivity index (χ1v) is 10.2. The number of aliphatic imine (C=N–C) groups is 1. The SMILES string of the molecule is Cc1nnc(CN=C(NCC2CCCS2)NC(C)c2ccccc2)n1C.I. The van der Waals surface area contributed by atoms with Crippen LogP contribution in [0.25, 0.3) is 0 Å². The molecule has 6 nitrogen and oxygen atoms in total. The van der Waals surface area contributed by atoms with Gasteiger partial charge in [0, 0.05) is 18.8 Å².